The Kier molecular flexibility index (Phi) is 3.80. The number of carbonyl (C=O) groups excluding carboxylic acids is 1. The summed E-state index contributed by atoms with van der Waals surface area (Å²) in [5.74, 6) is 1.03. The maximum Gasteiger partial charge on any atom is 0.162 e. The van der Waals surface area contributed by atoms with Gasteiger partial charge in [-0.2, -0.15) is 0 Å². The number of ketones is 1. The minimum absolute atomic E-state index is 0.0394. The summed E-state index contributed by atoms with van der Waals surface area (Å²) in [5.41, 5.74) is 1.78. The van der Waals surface area contributed by atoms with Crippen molar-refractivity contribution in [1.82, 2.24) is 0 Å². The monoisotopic (exact) mass is 299 g/mol. The van der Waals surface area contributed by atoms with Crippen molar-refractivity contribution in [3.05, 3.63) is 58.4 Å². The molecule has 0 aliphatic carbocycles. The number of para-hydroxylation sites is 2. The number of nitrogens with zero attached hydrogens (tertiary/aromatic N) is 1. The smallest absolute Gasteiger partial charge is 0.162 e. The van der Waals surface area contributed by atoms with E-state index in [0.717, 1.165) is 17.0 Å². The lowest BCUT2D eigenvalue weighted by atomic mass is 9.98. The highest BCUT2D eigenvalue weighted by Gasteiger charge is 2.30. The fourth-order valence-electron chi connectivity index (χ4n) is 2.60. The van der Waals surface area contributed by atoms with Crippen molar-refractivity contribution in [1.29, 1.82) is 0 Å². The Hall–Kier alpha value is -2.07. The predicted octanol–water partition coefficient (Wildman–Crippen LogP) is 4.18. The minimum atomic E-state index is 0.0394. The number of Topliss-reactive ketones (excluding diaryl/α,β-unsaturated/α-hetero) is 1. The number of carbonyl (C=O) groups is 1. The number of hydrogen-bond donors (Lipinski definition) is 0. The van der Waals surface area contributed by atoms with Crippen molar-refractivity contribution < 1.29 is 9.53 Å². The van der Waals surface area contributed by atoms with E-state index in [-0.39, 0.29) is 11.8 Å². The van der Waals surface area contributed by atoms with E-state index in [1.165, 1.54) is 4.88 Å². The Bertz CT molecular complexity index is 676. The molecule has 108 valence electrons. The first-order chi connectivity index (χ1) is 10.2. The van der Waals surface area contributed by atoms with Gasteiger partial charge in [-0.05, 0) is 30.5 Å². The highest BCUT2D eigenvalue weighted by atomic mass is 32.1. The molecule has 1 aliphatic rings. The summed E-state index contributed by atoms with van der Waals surface area (Å²) < 4.78 is 5.47. The number of hydrogen-bond acceptors (Lipinski definition) is 4. The minimum Gasteiger partial charge on any atom is -0.495 e. The van der Waals surface area contributed by atoms with E-state index in [1.807, 2.05) is 48.8 Å². The standard InChI is InChI=1S/C17H17NO2S/c1-12-11-18(13-6-3-4-7-16(13)20-2)14(10-15(12)19)17-8-5-9-21-17/h3-9,11,14H,10H2,1-2H3/t14-/m1/s1. The molecule has 1 atom stereocenters. The third-order valence-electron chi connectivity index (χ3n) is 3.72. The van der Waals surface area contributed by atoms with Crippen molar-refractivity contribution in [3.63, 3.8) is 0 Å². The van der Waals surface area contributed by atoms with E-state index in [9.17, 15) is 4.79 Å². The van der Waals surface area contributed by atoms with Crippen LogP contribution in [0.2, 0.25) is 0 Å². The third kappa shape index (κ3) is 2.59. The topological polar surface area (TPSA) is 29.5 Å². The Balaban J connectivity index is 2.09. The quantitative estimate of drug-likeness (QED) is 0.851. The van der Waals surface area contributed by atoms with Gasteiger partial charge in [0.1, 0.15) is 5.75 Å². The van der Waals surface area contributed by atoms with Crippen molar-refractivity contribution in [2.24, 2.45) is 0 Å². The van der Waals surface area contributed by atoms with Gasteiger partial charge < -0.3 is 9.64 Å². The maximum atomic E-state index is 12.1. The molecule has 0 amide bonds. The molecule has 0 bridgehead atoms. The summed E-state index contributed by atoms with van der Waals surface area (Å²) in [6.07, 6.45) is 2.44. The van der Waals surface area contributed by atoms with E-state index >= 15 is 0 Å². The fourth-order valence-corrected chi connectivity index (χ4v) is 3.43. The molecular weight excluding hydrogens is 282 g/mol. The van der Waals surface area contributed by atoms with Gasteiger partial charge in [-0.25, -0.2) is 0 Å². The lowest BCUT2D eigenvalue weighted by Crippen LogP contribution is -2.30. The molecule has 0 unspecified atom stereocenters. The molecule has 1 aliphatic heterocycles. The number of rotatable bonds is 3. The Morgan fingerprint density at radius 2 is 2.05 bits per heavy atom. The first-order valence-corrected chi connectivity index (χ1v) is 7.75. The number of anilines is 1. The van der Waals surface area contributed by atoms with Crippen LogP contribution < -0.4 is 9.64 Å². The molecule has 0 radical (unpaired) electrons. The van der Waals surface area contributed by atoms with Gasteiger partial charge in [-0.1, -0.05) is 18.2 Å². The second-order valence-corrected chi connectivity index (χ2v) is 6.03. The van der Waals surface area contributed by atoms with Crippen LogP contribution in [-0.4, -0.2) is 12.9 Å². The van der Waals surface area contributed by atoms with E-state index in [0.29, 0.717) is 6.42 Å². The van der Waals surface area contributed by atoms with Crippen LogP contribution in [0.1, 0.15) is 24.3 Å². The zero-order chi connectivity index (χ0) is 14.8. The molecule has 1 aromatic carbocycles. The van der Waals surface area contributed by atoms with E-state index in [4.69, 9.17) is 4.74 Å². The van der Waals surface area contributed by atoms with Gasteiger partial charge in [0, 0.05) is 23.1 Å². The van der Waals surface area contributed by atoms with E-state index in [2.05, 4.69) is 11.0 Å². The summed E-state index contributed by atoms with van der Waals surface area (Å²) in [7, 11) is 1.67. The lowest BCUT2D eigenvalue weighted by molar-refractivity contribution is -0.116. The number of allylic oxidation sites excluding steroid dienone is 1. The molecule has 0 N–H and O–H groups in total. The van der Waals surface area contributed by atoms with Crippen LogP contribution in [0, 0.1) is 0 Å². The van der Waals surface area contributed by atoms with Gasteiger partial charge >= 0.3 is 0 Å². The van der Waals surface area contributed by atoms with Gasteiger partial charge in [0.2, 0.25) is 0 Å². The second kappa shape index (κ2) is 5.74. The molecule has 2 aromatic rings. The molecule has 2 heterocycles. The zero-order valence-electron chi connectivity index (χ0n) is 12.1. The SMILES string of the molecule is COc1ccccc1N1C=C(C)C(=O)C[C@@H]1c1cccs1. The van der Waals surface area contributed by atoms with Crippen molar-refractivity contribution >= 4 is 22.8 Å². The molecule has 0 saturated heterocycles. The van der Waals surface area contributed by atoms with Crippen molar-refractivity contribution in [3.8, 4) is 5.75 Å². The van der Waals surface area contributed by atoms with Crippen LogP contribution in [0.25, 0.3) is 0 Å². The van der Waals surface area contributed by atoms with E-state index in [1.54, 1.807) is 18.4 Å². The number of ether oxygens (including phenoxy) is 1. The highest BCUT2D eigenvalue weighted by molar-refractivity contribution is 7.10. The van der Waals surface area contributed by atoms with E-state index < -0.39 is 0 Å². The molecule has 21 heavy (non-hydrogen) atoms. The lowest BCUT2D eigenvalue weighted by Gasteiger charge is -2.34. The average molecular weight is 299 g/mol. The fraction of sp³-hybridized carbons (Fsp3) is 0.235. The van der Waals surface area contributed by atoms with Crippen LogP contribution >= 0.6 is 11.3 Å². The molecule has 1 aromatic heterocycles. The normalized spacial score (nSPS) is 18.6. The van der Waals surface area contributed by atoms with Crippen LogP contribution in [-0.2, 0) is 4.79 Å². The van der Waals surface area contributed by atoms with Gasteiger partial charge in [0.05, 0.1) is 18.8 Å². The molecule has 3 nitrogen and oxygen atoms in total. The van der Waals surface area contributed by atoms with Gasteiger partial charge in [0.25, 0.3) is 0 Å². The van der Waals surface area contributed by atoms with Crippen LogP contribution in [0.5, 0.6) is 5.75 Å². The molecule has 4 heteroatoms. The summed E-state index contributed by atoms with van der Waals surface area (Å²) in [6.45, 7) is 1.87. The van der Waals surface area contributed by atoms with Gasteiger partial charge in [0.15, 0.2) is 5.78 Å². The summed E-state index contributed by atoms with van der Waals surface area (Å²) in [5, 5.41) is 2.05. The predicted molar refractivity (Wildman–Crippen MR) is 85.9 cm³/mol. The number of methoxy groups -OCH3 is 1. The third-order valence-corrected chi connectivity index (χ3v) is 4.70. The van der Waals surface area contributed by atoms with Crippen LogP contribution in [0.4, 0.5) is 5.69 Å². The Morgan fingerprint density at radius 3 is 2.76 bits per heavy atom. The maximum absolute atomic E-state index is 12.1. The zero-order valence-corrected chi connectivity index (χ0v) is 12.9. The summed E-state index contributed by atoms with van der Waals surface area (Å²) in [4.78, 5) is 15.5. The highest BCUT2D eigenvalue weighted by Crippen LogP contribution is 2.40. The van der Waals surface area contributed by atoms with Crippen molar-refractivity contribution in [2.45, 2.75) is 19.4 Å². The first kappa shape index (κ1) is 13.9. The summed E-state index contributed by atoms with van der Waals surface area (Å²) >= 11 is 1.68. The molecule has 0 fully saturated rings. The Labute approximate surface area is 128 Å². The first-order valence-electron chi connectivity index (χ1n) is 6.87. The van der Waals surface area contributed by atoms with Crippen LogP contribution in [0.3, 0.4) is 0 Å². The number of benzene rings is 1. The van der Waals surface area contributed by atoms with Gasteiger partial charge in [-0.15, -0.1) is 11.3 Å². The Morgan fingerprint density at radius 1 is 1.24 bits per heavy atom. The van der Waals surface area contributed by atoms with Gasteiger partial charge in [-0.3, -0.25) is 4.79 Å². The second-order valence-electron chi connectivity index (χ2n) is 5.05. The molecule has 3 rings (SSSR count). The summed E-state index contributed by atoms with van der Waals surface area (Å²) in [6, 6.07) is 12.1. The largest absolute Gasteiger partial charge is 0.495 e. The average Bonchev–Trinajstić information content (AvgIpc) is 3.03. The molecular formula is C17H17NO2S. The molecule has 0 saturated carbocycles. The van der Waals surface area contributed by atoms with Crippen molar-refractivity contribution in [2.75, 3.05) is 12.0 Å². The molecule has 0 spiro atoms. The van der Waals surface area contributed by atoms with Crippen LogP contribution in [0.15, 0.2) is 53.6 Å². The number of thiophene rings is 1.